The Balaban J connectivity index is 1.68. The third kappa shape index (κ3) is 4.89. The van der Waals surface area contributed by atoms with Gasteiger partial charge in [0, 0.05) is 10.6 Å². The summed E-state index contributed by atoms with van der Waals surface area (Å²) in [6, 6.07) is 21.6. The Labute approximate surface area is 202 Å². The maximum Gasteiger partial charge on any atom is 0.338 e. The average Bonchev–Trinajstić information content (AvgIpc) is 3.06. The molecular formula is C27H24N2O4S. The second-order valence-corrected chi connectivity index (χ2v) is 8.91. The van der Waals surface area contributed by atoms with Crippen LogP contribution in [0.5, 0.6) is 0 Å². The van der Waals surface area contributed by atoms with Crippen molar-refractivity contribution in [3.05, 3.63) is 100 Å². The van der Waals surface area contributed by atoms with Crippen LogP contribution in [0.4, 0.5) is 11.4 Å². The number of anilines is 2. The van der Waals surface area contributed by atoms with E-state index in [0.717, 1.165) is 20.9 Å². The molecule has 0 bridgehead atoms. The second kappa shape index (κ2) is 9.97. The summed E-state index contributed by atoms with van der Waals surface area (Å²) in [6.45, 7) is 5.97. The summed E-state index contributed by atoms with van der Waals surface area (Å²) in [7, 11) is 0. The van der Waals surface area contributed by atoms with E-state index < -0.39 is 17.8 Å². The number of esters is 1. The van der Waals surface area contributed by atoms with Crippen molar-refractivity contribution in [2.45, 2.75) is 25.7 Å². The molecule has 1 N–H and O–H groups in total. The lowest BCUT2D eigenvalue weighted by Gasteiger charge is -2.15. The molecule has 1 aliphatic heterocycles. The molecule has 0 spiro atoms. The maximum absolute atomic E-state index is 13.5. The topological polar surface area (TPSA) is 75.7 Å². The fourth-order valence-electron chi connectivity index (χ4n) is 3.42. The van der Waals surface area contributed by atoms with Crippen LogP contribution in [0.2, 0.25) is 0 Å². The molecule has 0 saturated carbocycles. The van der Waals surface area contributed by atoms with Crippen LogP contribution >= 0.6 is 11.8 Å². The van der Waals surface area contributed by atoms with E-state index in [9.17, 15) is 14.4 Å². The summed E-state index contributed by atoms with van der Waals surface area (Å²) in [5, 5.41) is 3.15. The molecule has 172 valence electrons. The van der Waals surface area contributed by atoms with Crippen LogP contribution in [0.3, 0.4) is 0 Å². The lowest BCUT2D eigenvalue weighted by atomic mass is 10.2. The van der Waals surface area contributed by atoms with Gasteiger partial charge in [0.1, 0.15) is 10.6 Å². The molecule has 1 heterocycles. The van der Waals surface area contributed by atoms with Crippen LogP contribution in [0.15, 0.2) is 88.3 Å². The van der Waals surface area contributed by atoms with Crippen LogP contribution in [0.1, 0.15) is 28.4 Å². The number of amides is 2. The molecule has 0 fully saturated rings. The number of hydrogen-bond acceptors (Lipinski definition) is 6. The number of aryl methyl sites for hydroxylation is 2. The lowest BCUT2D eigenvalue weighted by molar-refractivity contribution is -0.120. The van der Waals surface area contributed by atoms with E-state index in [4.69, 9.17) is 4.74 Å². The molecule has 0 aromatic heterocycles. The zero-order valence-corrected chi connectivity index (χ0v) is 19.9. The highest BCUT2D eigenvalue weighted by Gasteiger charge is 2.40. The molecule has 0 atom stereocenters. The molecule has 7 heteroatoms. The molecule has 0 saturated heterocycles. The van der Waals surface area contributed by atoms with Crippen molar-refractivity contribution >= 4 is 40.9 Å². The average molecular weight is 473 g/mol. The monoisotopic (exact) mass is 472 g/mol. The highest BCUT2D eigenvalue weighted by atomic mass is 32.2. The quantitative estimate of drug-likeness (QED) is 0.363. The van der Waals surface area contributed by atoms with Crippen LogP contribution < -0.4 is 10.2 Å². The van der Waals surface area contributed by atoms with Crippen molar-refractivity contribution in [1.82, 2.24) is 0 Å². The number of hydrogen-bond donors (Lipinski definition) is 1. The van der Waals surface area contributed by atoms with Gasteiger partial charge in [0.25, 0.3) is 11.8 Å². The zero-order chi connectivity index (χ0) is 24.2. The van der Waals surface area contributed by atoms with Gasteiger partial charge in [-0.05, 0) is 69.3 Å². The van der Waals surface area contributed by atoms with Gasteiger partial charge in [0.05, 0.1) is 17.9 Å². The molecule has 0 radical (unpaired) electrons. The summed E-state index contributed by atoms with van der Waals surface area (Å²) >= 11 is 1.25. The Hall–Kier alpha value is -3.84. The summed E-state index contributed by atoms with van der Waals surface area (Å²) in [5.41, 5.74) is 3.85. The molecule has 0 unspecified atom stereocenters. The summed E-state index contributed by atoms with van der Waals surface area (Å²) in [6.07, 6.45) is 0. The molecule has 0 aliphatic carbocycles. The fraction of sp³-hybridized carbons (Fsp3) is 0.148. The summed E-state index contributed by atoms with van der Waals surface area (Å²) in [4.78, 5) is 41.2. The predicted molar refractivity (Wildman–Crippen MR) is 134 cm³/mol. The molecule has 6 nitrogen and oxygen atoms in total. The zero-order valence-electron chi connectivity index (χ0n) is 19.1. The van der Waals surface area contributed by atoms with Gasteiger partial charge in [-0.3, -0.25) is 9.59 Å². The van der Waals surface area contributed by atoms with E-state index in [0.29, 0.717) is 21.8 Å². The first-order valence-corrected chi connectivity index (χ1v) is 11.7. The van der Waals surface area contributed by atoms with E-state index in [1.165, 1.54) is 11.8 Å². The van der Waals surface area contributed by atoms with Crippen molar-refractivity contribution < 1.29 is 19.1 Å². The number of nitrogens with one attached hydrogen (secondary N) is 1. The smallest absolute Gasteiger partial charge is 0.338 e. The normalized spacial score (nSPS) is 13.4. The molecule has 2 amide bonds. The number of imide groups is 1. The first-order valence-electron chi connectivity index (χ1n) is 10.9. The highest BCUT2D eigenvalue weighted by Crippen LogP contribution is 2.38. The van der Waals surface area contributed by atoms with Gasteiger partial charge in [0.15, 0.2) is 0 Å². The molecule has 3 aromatic rings. The first kappa shape index (κ1) is 23.3. The SMILES string of the molecule is CCOC(=O)c1ccc(N2C(=O)C(Nc3ccc(C)cc3)=C(Sc3ccc(C)cc3)C2=O)cc1. The second-order valence-electron chi connectivity index (χ2n) is 7.82. The van der Waals surface area contributed by atoms with E-state index in [1.54, 1.807) is 31.2 Å². The number of nitrogens with zero attached hydrogens (tertiary/aromatic N) is 1. The van der Waals surface area contributed by atoms with Crippen molar-refractivity contribution in [2.75, 3.05) is 16.8 Å². The molecular weight excluding hydrogens is 448 g/mol. The van der Waals surface area contributed by atoms with E-state index in [-0.39, 0.29) is 12.3 Å². The number of carbonyl (C=O) groups is 3. The Bertz CT molecular complexity index is 1190. The minimum atomic E-state index is -0.455. The predicted octanol–water partition coefficient (Wildman–Crippen LogP) is 5.47. The van der Waals surface area contributed by atoms with Crippen LogP contribution in [0.25, 0.3) is 0 Å². The van der Waals surface area contributed by atoms with Crippen molar-refractivity contribution in [1.29, 1.82) is 0 Å². The minimum Gasteiger partial charge on any atom is -0.462 e. The third-order valence-corrected chi connectivity index (χ3v) is 6.33. The van der Waals surface area contributed by atoms with Crippen molar-refractivity contribution in [2.24, 2.45) is 0 Å². The van der Waals surface area contributed by atoms with Gasteiger partial charge < -0.3 is 10.1 Å². The van der Waals surface area contributed by atoms with Crippen LogP contribution in [-0.2, 0) is 14.3 Å². The van der Waals surface area contributed by atoms with E-state index in [2.05, 4.69) is 5.32 Å². The van der Waals surface area contributed by atoms with Crippen molar-refractivity contribution in [3.63, 3.8) is 0 Å². The summed E-state index contributed by atoms with van der Waals surface area (Å²) in [5.74, 6) is -1.33. The van der Waals surface area contributed by atoms with E-state index in [1.807, 2.05) is 62.4 Å². The number of rotatable bonds is 7. The number of carbonyl (C=O) groups excluding carboxylic acids is 3. The number of ether oxygens (including phenoxy) is 1. The van der Waals surface area contributed by atoms with Gasteiger partial charge in [-0.15, -0.1) is 0 Å². The van der Waals surface area contributed by atoms with E-state index >= 15 is 0 Å². The first-order chi connectivity index (χ1) is 16.4. The van der Waals surface area contributed by atoms with Gasteiger partial charge in [-0.1, -0.05) is 47.2 Å². The number of benzene rings is 3. The van der Waals surface area contributed by atoms with Gasteiger partial charge in [0.2, 0.25) is 0 Å². The summed E-state index contributed by atoms with van der Waals surface area (Å²) < 4.78 is 5.01. The fourth-order valence-corrected chi connectivity index (χ4v) is 4.34. The minimum absolute atomic E-state index is 0.217. The Morgan fingerprint density at radius 1 is 0.853 bits per heavy atom. The highest BCUT2D eigenvalue weighted by molar-refractivity contribution is 8.04. The van der Waals surface area contributed by atoms with Crippen molar-refractivity contribution in [3.8, 4) is 0 Å². The van der Waals surface area contributed by atoms with Gasteiger partial charge in [-0.2, -0.15) is 0 Å². The standard InChI is InChI=1S/C27H24N2O4S/c1-4-33-27(32)19-9-13-21(14-10-19)29-25(30)23(28-20-11-5-17(2)6-12-20)24(26(29)31)34-22-15-7-18(3)8-16-22/h5-16,28H,4H2,1-3H3. The third-order valence-electron chi connectivity index (χ3n) is 5.24. The Kier molecular flexibility index (Phi) is 6.84. The lowest BCUT2D eigenvalue weighted by Crippen LogP contribution is -2.32. The Morgan fingerprint density at radius 2 is 1.44 bits per heavy atom. The Morgan fingerprint density at radius 3 is 2.03 bits per heavy atom. The van der Waals surface area contributed by atoms with Crippen LogP contribution in [0, 0.1) is 13.8 Å². The molecule has 1 aliphatic rings. The molecule has 34 heavy (non-hydrogen) atoms. The number of thioether (sulfide) groups is 1. The molecule has 3 aromatic carbocycles. The maximum atomic E-state index is 13.5. The van der Waals surface area contributed by atoms with Crippen LogP contribution in [-0.4, -0.2) is 24.4 Å². The van der Waals surface area contributed by atoms with Gasteiger partial charge in [-0.25, -0.2) is 9.69 Å². The van der Waals surface area contributed by atoms with Gasteiger partial charge >= 0.3 is 5.97 Å². The molecule has 4 rings (SSSR count). The largest absolute Gasteiger partial charge is 0.462 e.